The van der Waals surface area contributed by atoms with Crippen LogP contribution in [-0.4, -0.2) is 54.4 Å². The monoisotopic (exact) mass is 412 g/mol. The van der Waals surface area contributed by atoms with E-state index >= 15 is 0 Å². The number of benzene rings is 1. The Bertz CT molecular complexity index is 816. The molecule has 2 saturated heterocycles. The fourth-order valence-electron chi connectivity index (χ4n) is 4.69. The molecule has 29 heavy (non-hydrogen) atoms. The summed E-state index contributed by atoms with van der Waals surface area (Å²) in [6.45, 7) is 5.43. The predicted molar refractivity (Wildman–Crippen MR) is 114 cm³/mol. The van der Waals surface area contributed by atoms with Crippen LogP contribution in [0.1, 0.15) is 29.4 Å². The molecule has 4 rings (SSSR count). The van der Waals surface area contributed by atoms with Crippen LogP contribution in [-0.2, 0) is 4.79 Å². The second kappa shape index (κ2) is 8.99. The van der Waals surface area contributed by atoms with Crippen molar-refractivity contribution >= 4 is 23.2 Å². The smallest absolute Gasteiger partial charge is 0.263 e. The van der Waals surface area contributed by atoms with Gasteiger partial charge in [0.2, 0.25) is 5.91 Å². The van der Waals surface area contributed by atoms with Crippen molar-refractivity contribution in [2.45, 2.75) is 19.8 Å². The first kappa shape index (κ1) is 20.0. The average Bonchev–Trinajstić information content (AvgIpc) is 3.43. The van der Waals surface area contributed by atoms with E-state index in [2.05, 4.69) is 0 Å². The topological polar surface area (TPSA) is 49.9 Å². The number of nitrogens with zero attached hydrogens (tertiary/aromatic N) is 2. The maximum absolute atomic E-state index is 12.9. The highest BCUT2D eigenvalue weighted by atomic mass is 32.1. The van der Waals surface area contributed by atoms with Gasteiger partial charge in [-0.3, -0.25) is 9.59 Å². The highest BCUT2D eigenvalue weighted by Crippen LogP contribution is 2.37. The average molecular weight is 413 g/mol. The first-order valence-electron chi connectivity index (χ1n) is 10.4. The van der Waals surface area contributed by atoms with Crippen LogP contribution >= 0.6 is 11.3 Å². The van der Waals surface area contributed by atoms with Gasteiger partial charge in [-0.05, 0) is 48.3 Å². The summed E-state index contributed by atoms with van der Waals surface area (Å²) in [4.78, 5) is 29.4. The van der Waals surface area contributed by atoms with Crippen molar-refractivity contribution in [3.05, 3.63) is 52.7 Å². The van der Waals surface area contributed by atoms with Gasteiger partial charge in [0.15, 0.2) is 0 Å². The molecule has 2 amide bonds. The molecule has 0 spiro atoms. The number of hydrogen-bond acceptors (Lipinski definition) is 4. The lowest BCUT2D eigenvalue weighted by atomic mass is 9.78. The molecule has 0 N–H and O–H groups in total. The zero-order chi connectivity index (χ0) is 20.2. The molecule has 2 aliphatic heterocycles. The standard InChI is InChI=1S/C23H28N2O3S/c1-17(26)24-11-9-18(10-12-24)21-15-25(23(27)22-8-5-13-29-22)14-19(21)16-28-20-6-3-2-4-7-20/h2-8,13,18-19,21H,9-12,14-16H2,1H3/t19-,21-/m0/s1. The first-order valence-corrected chi connectivity index (χ1v) is 11.3. The molecule has 0 bridgehead atoms. The molecule has 154 valence electrons. The van der Waals surface area contributed by atoms with Crippen molar-refractivity contribution in [1.29, 1.82) is 0 Å². The minimum Gasteiger partial charge on any atom is -0.493 e. The van der Waals surface area contributed by atoms with E-state index in [-0.39, 0.29) is 11.8 Å². The molecule has 1 aromatic carbocycles. The van der Waals surface area contributed by atoms with E-state index in [1.165, 1.54) is 11.3 Å². The lowest BCUT2D eigenvalue weighted by Crippen LogP contribution is -2.40. The van der Waals surface area contributed by atoms with E-state index in [0.717, 1.165) is 49.6 Å². The van der Waals surface area contributed by atoms with Crippen LogP contribution in [0.15, 0.2) is 47.8 Å². The molecule has 3 heterocycles. The van der Waals surface area contributed by atoms with Gasteiger partial charge in [-0.1, -0.05) is 24.3 Å². The van der Waals surface area contributed by atoms with E-state index in [4.69, 9.17) is 4.74 Å². The van der Waals surface area contributed by atoms with E-state index in [1.54, 1.807) is 6.92 Å². The Morgan fingerprint density at radius 2 is 1.79 bits per heavy atom. The van der Waals surface area contributed by atoms with Gasteiger partial charge in [0.25, 0.3) is 5.91 Å². The highest BCUT2D eigenvalue weighted by Gasteiger charge is 2.41. The van der Waals surface area contributed by atoms with E-state index in [9.17, 15) is 9.59 Å². The fourth-order valence-corrected chi connectivity index (χ4v) is 5.38. The molecule has 2 aliphatic rings. The maximum atomic E-state index is 12.9. The molecule has 0 saturated carbocycles. The minimum atomic E-state index is 0.133. The van der Waals surface area contributed by atoms with Crippen molar-refractivity contribution in [1.82, 2.24) is 9.80 Å². The number of para-hydroxylation sites is 1. The molecular formula is C23H28N2O3S. The van der Waals surface area contributed by atoms with E-state index < -0.39 is 0 Å². The Morgan fingerprint density at radius 3 is 2.45 bits per heavy atom. The Kier molecular flexibility index (Phi) is 6.19. The number of ether oxygens (including phenoxy) is 1. The lowest BCUT2D eigenvalue weighted by molar-refractivity contribution is -0.130. The normalized spacial score (nSPS) is 22.7. The number of likely N-dealkylation sites (tertiary alicyclic amines) is 2. The predicted octanol–water partition coefficient (Wildman–Crippen LogP) is 3.77. The SMILES string of the molecule is CC(=O)N1CCC([C@@H]2CN(C(=O)c3cccs3)C[C@H]2COc2ccccc2)CC1. The second-order valence-electron chi connectivity index (χ2n) is 8.08. The van der Waals surface area contributed by atoms with E-state index in [1.807, 2.05) is 57.6 Å². The Balaban J connectivity index is 1.45. The number of rotatable bonds is 5. The van der Waals surface area contributed by atoms with Crippen LogP contribution in [0, 0.1) is 17.8 Å². The highest BCUT2D eigenvalue weighted by molar-refractivity contribution is 7.12. The zero-order valence-electron chi connectivity index (χ0n) is 16.8. The number of thiophene rings is 1. The van der Waals surface area contributed by atoms with Gasteiger partial charge < -0.3 is 14.5 Å². The number of amides is 2. The zero-order valence-corrected chi connectivity index (χ0v) is 17.6. The van der Waals surface area contributed by atoms with Crippen LogP contribution in [0.5, 0.6) is 5.75 Å². The van der Waals surface area contributed by atoms with Crippen LogP contribution in [0.25, 0.3) is 0 Å². The van der Waals surface area contributed by atoms with Gasteiger partial charge in [-0.15, -0.1) is 11.3 Å². The number of piperidine rings is 1. The molecule has 2 aromatic rings. The van der Waals surface area contributed by atoms with Gasteiger partial charge in [0, 0.05) is 39.0 Å². The molecule has 2 fully saturated rings. The van der Waals surface area contributed by atoms with Crippen LogP contribution in [0.4, 0.5) is 0 Å². The number of carbonyl (C=O) groups is 2. The number of hydrogen-bond donors (Lipinski definition) is 0. The third kappa shape index (κ3) is 4.64. The van der Waals surface area contributed by atoms with Crippen molar-refractivity contribution in [3.8, 4) is 5.75 Å². The fraction of sp³-hybridized carbons (Fsp3) is 0.478. The Morgan fingerprint density at radius 1 is 1.03 bits per heavy atom. The first-order chi connectivity index (χ1) is 14.1. The third-order valence-electron chi connectivity index (χ3n) is 6.31. The second-order valence-corrected chi connectivity index (χ2v) is 9.03. The molecule has 0 radical (unpaired) electrons. The van der Waals surface area contributed by atoms with Gasteiger partial charge >= 0.3 is 0 Å². The Labute approximate surface area is 176 Å². The summed E-state index contributed by atoms with van der Waals surface area (Å²) in [5.74, 6) is 2.42. The van der Waals surface area contributed by atoms with Crippen LogP contribution < -0.4 is 4.74 Å². The largest absolute Gasteiger partial charge is 0.493 e. The molecule has 6 heteroatoms. The lowest BCUT2D eigenvalue weighted by Gasteiger charge is -2.36. The van der Waals surface area contributed by atoms with Crippen LogP contribution in [0.2, 0.25) is 0 Å². The molecule has 1 aromatic heterocycles. The summed E-state index contributed by atoms with van der Waals surface area (Å²) in [5.41, 5.74) is 0. The third-order valence-corrected chi connectivity index (χ3v) is 7.17. The summed E-state index contributed by atoms with van der Waals surface area (Å²) >= 11 is 1.50. The summed E-state index contributed by atoms with van der Waals surface area (Å²) < 4.78 is 6.09. The van der Waals surface area contributed by atoms with Gasteiger partial charge in [-0.2, -0.15) is 0 Å². The summed E-state index contributed by atoms with van der Waals surface area (Å²) in [5, 5.41) is 1.95. The van der Waals surface area contributed by atoms with Gasteiger partial charge in [0.1, 0.15) is 5.75 Å². The summed E-state index contributed by atoms with van der Waals surface area (Å²) in [6.07, 6.45) is 2.01. The van der Waals surface area contributed by atoms with Crippen LogP contribution in [0.3, 0.4) is 0 Å². The van der Waals surface area contributed by atoms with Crippen molar-refractivity contribution in [2.75, 3.05) is 32.8 Å². The van der Waals surface area contributed by atoms with Crippen molar-refractivity contribution in [3.63, 3.8) is 0 Å². The maximum Gasteiger partial charge on any atom is 0.263 e. The van der Waals surface area contributed by atoms with E-state index in [0.29, 0.717) is 24.4 Å². The van der Waals surface area contributed by atoms with Gasteiger partial charge in [-0.25, -0.2) is 0 Å². The molecule has 5 nitrogen and oxygen atoms in total. The number of carbonyl (C=O) groups excluding carboxylic acids is 2. The van der Waals surface area contributed by atoms with Gasteiger partial charge in [0.05, 0.1) is 11.5 Å². The summed E-state index contributed by atoms with van der Waals surface area (Å²) in [7, 11) is 0. The Hall–Kier alpha value is -2.34. The molecule has 2 atom stereocenters. The molecular weight excluding hydrogens is 384 g/mol. The summed E-state index contributed by atoms with van der Waals surface area (Å²) in [6, 6.07) is 13.7. The van der Waals surface area contributed by atoms with Crippen molar-refractivity contribution < 1.29 is 14.3 Å². The molecule has 0 unspecified atom stereocenters. The van der Waals surface area contributed by atoms with Crippen molar-refractivity contribution in [2.24, 2.45) is 17.8 Å². The quantitative estimate of drug-likeness (QED) is 0.751. The minimum absolute atomic E-state index is 0.133. The molecule has 0 aliphatic carbocycles.